The highest BCUT2D eigenvalue weighted by atomic mass is 16.5. The van der Waals surface area contributed by atoms with Crippen LogP contribution in [0.3, 0.4) is 0 Å². The fourth-order valence-electron chi connectivity index (χ4n) is 2.13. The number of hydrogen-bond acceptors (Lipinski definition) is 4. The van der Waals surface area contributed by atoms with Crippen LogP contribution in [0.5, 0.6) is 0 Å². The average molecular weight is 240 g/mol. The van der Waals surface area contributed by atoms with Crippen molar-refractivity contribution in [2.45, 2.75) is 44.6 Å². The summed E-state index contributed by atoms with van der Waals surface area (Å²) >= 11 is 0. The summed E-state index contributed by atoms with van der Waals surface area (Å²) in [6, 6.07) is 0. The number of carbonyl (C=O) groups excluding carboxylic acids is 2. The number of aliphatic hydroxyl groups is 1. The Morgan fingerprint density at radius 3 is 2.59 bits per heavy atom. The van der Waals surface area contributed by atoms with Crippen LogP contribution in [-0.2, 0) is 14.3 Å². The maximum Gasteiger partial charge on any atom is 0.330 e. The lowest BCUT2D eigenvalue weighted by Gasteiger charge is -2.22. The van der Waals surface area contributed by atoms with Gasteiger partial charge in [0.05, 0.1) is 6.61 Å². The summed E-state index contributed by atoms with van der Waals surface area (Å²) in [4.78, 5) is 22.6. The van der Waals surface area contributed by atoms with Gasteiger partial charge in [0.2, 0.25) is 0 Å². The van der Waals surface area contributed by atoms with E-state index in [9.17, 15) is 14.7 Å². The molecule has 1 fully saturated rings. The minimum absolute atomic E-state index is 0.00569. The van der Waals surface area contributed by atoms with E-state index in [2.05, 4.69) is 6.58 Å². The second kappa shape index (κ2) is 7.22. The molecule has 0 radical (unpaired) electrons. The Hall–Kier alpha value is -1.16. The number of hydrogen-bond donors (Lipinski definition) is 1. The normalized spacial score (nSPS) is 18.4. The first-order valence-electron chi connectivity index (χ1n) is 6.16. The largest absolute Gasteiger partial charge is 0.462 e. The monoisotopic (exact) mass is 240 g/mol. The van der Waals surface area contributed by atoms with Crippen molar-refractivity contribution < 1.29 is 19.4 Å². The zero-order valence-corrected chi connectivity index (χ0v) is 10.1. The van der Waals surface area contributed by atoms with Gasteiger partial charge in [-0.3, -0.25) is 4.79 Å². The summed E-state index contributed by atoms with van der Waals surface area (Å²) in [6.45, 7) is 3.32. The third-order valence-corrected chi connectivity index (χ3v) is 3.14. The molecular formula is C13H20O4. The molecule has 17 heavy (non-hydrogen) atoms. The molecule has 1 saturated carbocycles. The molecule has 1 N–H and O–H groups in total. The van der Waals surface area contributed by atoms with Gasteiger partial charge in [-0.15, -0.1) is 0 Å². The zero-order valence-electron chi connectivity index (χ0n) is 10.1. The minimum atomic E-state index is -1.00. The van der Waals surface area contributed by atoms with Crippen LogP contribution in [0.1, 0.15) is 38.5 Å². The van der Waals surface area contributed by atoms with Gasteiger partial charge in [0, 0.05) is 18.4 Å². The van der Waals surface area contributed by atoms with Crippen molar-refractivity contribution in [1.82, 2.24) is 0 Å². The number of esters is 1. The molecule has 1 aliphatic carbocycles. The zero-order chi connectivity index (χ0) is 12.7. The van der Waals surface area contributed by atoms with Gasteiger partial charge in [-0.1, -0.05) is 25.8 Å². The first kappa shape index (κ1) is 13.9. The predicted molar refractivity (Wildman–Crippen MR) is 63.4 cm³/mol. The smallest absolute Gasteiger partial charge is 0.330 e. The standard InChI is InChI=1S/C13H20O4/c1-2-12(15)17-9-8-11(14)13(16)10-6-4-3-5-7-10/h2,10-11,14H,1,3-9H2. The van der Waals surface area contributed by atoms with Crippen LogP contribution in [0.4, 0.5) is 0 Å². The molecule has 0 aromatic heterocycles. The number of aliphatic hydroxyl groups excluding tert-OH is 1. The van der Waals surface area contributed by atoms with Crippen molar-refractivity contribution in [3.05, 3.63) is 12.7 Å². The topological polar surface area (TPSA) is 63.6 Å². The van der Waals surface area contributed by atoms with E-state index < -0.39 is 12.1 Å². The van der Waals surface area contributed by atoms with Crippen molar-refractivity contribution >= 4 is 11.8 Å². The molecule has 1 rings (SSSR count). The SMILES string of the molecule is C=CC(=O)OCCC(O)C(=O)C1CCCCC1. The fourth-order valence-corrected chi connectivity index (χ4v) is 2.13. The summed E-state index contributed by atoms with van der Waals surface area (Å²) in [5.74, 6) is -0.629. The number of ether oxygens (including phenoxy) is 1. The van der Waals surface area contributed by atoms with Gasteiger partial charge in [0.15, 0.2) is 5.78 Å². The van der Waals surface area contributed by atoms with Crippen LogP contribution in [0.25, 0.3) is 0 Å². The van der Waals surface area contributed by atoms with E-state index in [1.807, 2.05) is 0 Å². The van der Waals surface area contributed by atoms with Crippen molar-refractivity contribution in [1.29, 1.82) is 0 Å². The van der Waals surface area contributed by atoms with E-state index >= 15 is 0 Å². The molecule has 4 heteroatoms. The predicted octanol–water partition coefficient (Wildman–Crippen LogP) is 1.62. The molecule has 1 aliphatic rings. The first-order chi connectivity index (χ1) is 8.15. The highest BCUT2D eigenvalue weighted by Gasteiger charge is 2.26. The van der Waals surface area contributed by atoms with Crippen LogP contribution >= 0.6 is 0 Å². The van der Waals surface area contributed by atoms with Crippen LogP contribution in [0, 0.1) is 5.92 Å². The fraction of sp³-hybridized carbons (Fsp3) is 0.692. The lowest BCUT2D eigenvalue weighted by molar-refractivity contribution is -0.141. The van der Waals surface area contributed by atoms with Crippen molar-refractivity contribution in [3.8, 4) is 0 Å². The van der Waals surface area contributed by atoms with Crippen LogP contribution in [0.15, 0.2) is 12.7 Å². The van der Waals surface area contributed by atoms with Gasteiger partial charge in [-0.2, -0.15) is 0 Å². The summed E-state index contributed by atoms with van der Waals surface area (Å²) in [7, 11) is 0. The molecule has 0 amide bonds. The Balaban J connectivity index is 2.26. The summed E-state index contributed by atoms with van der Waals surface area (Å²) in [5.41, 5.74) is 0. The van der Waals surface area contributed by atoms with Crippen molar-refractivity contribution in [3.63, 3.8) is 0 Å². The summed E-state index contributed by atoms with van der Waals surface area (Å²) in [5, 5.41) is 9.69. The van der Waals surface area contributed by atoms with Gasteiger partial charge < -0.3 is 9.84 Å². The maximum atomic E-state index is 11.8. The Morgan fingerprint density at radius 2 is 2.00 bits per heavy atom. The van der Waals surface area contributed by atoms with E-state index in [0.29, 0.717) is 0 Å². The first-order valence-corrected chi connectivity index (χ1v) is 6.16. The molecule has 0 aromatic carbocycles. The molecule has 1 atom stereocenters. The van der Waals surface area contributed by atoms with Crippen LogP contribution in [0.2, 0.25) is 0 Å². The van der Waals surface area contributed by atoms with E-state index in [-0.39, 0.29) is 24.7 Å². The van der Waals surface area contributed by atoms with E-state index in [1.54, 1.807) is 0 Å². The van der Waals surface area contributed by atoms with Gasteiger partial charge >= 0.3 is 5.97 Å². The van der Waals surface area contributed by atoms with Gasteiger partial charge in [-0.05, 0) is 12.8 Å². The third-order valence-electron chi connectivity index (χ3n) is 3.14. The Morgan fingerprint density at radius 1 is 1.35 bits per heavy atom. The number of Topliss-reactive ketones (excluding diaryl/α,β-unsaturated/α-hetero) is 1. The quantitative estimate of drug-likeness (QED) is 0.566. The van der Waals surface area contributed by atoms with Crippen molar-refractivity contribution in [2.24, 2.45) is 5.92 Å². The van der Waals surface area contributed by atoms with Gasteiger partial charge in [0.1, 0.15) is 6.10 Å². The number of ketones is 1. The van der Waals surface area contributed by atoms with E-state index in [1.165, 1.54) is 6.42 Å². The molecule has 0 spiro atoms. The third kappa shape index (κ3) is 4.69. The minimum Gasteiger partial charge on any atom is -0.462 e. The lowest BCUT2D eigenvalue weighted by atomic mass is 9.84. The molecule has 0 aromatic rings. The second-order valence-electron chi connectivity index (χ2n) is 4.41. The number of carbonyl (C=O) groups is 2. The Labute approximate surface area is 102 Å². The molecule has 96 valence electrons. The Bertz CT molecular complexity index is 279. The van der Waals surface area contributed by atoms with E-state index in [4.69, 9.17) is 4.74 Å². The molecule has 0 saturated heterocycles. The van der Waals surface area contributed by atoms with Gasteiger partial charge in [-0.25, -0.2) is 4.79 Å². The molecule has 0 aliphatic heterocycles. The molecule has 0 heterocycles. The molecule has 4 nitrogen and oxygen atoms in total. The second-order valence-corrected chi connectivity index (χ2v) is 4.41. The highest BCUT2D eigenvalue weighted by molar-refractivity contribution is 5.85. The summed E-state index contributed by atoms with van der Waals surface area (Å²) < 4.78 is 4.73. The number of rotatable bonds is 6. The lowest BCUT2D eigenvalue weighted by Crippen LogP contribution is -2.30. The maximum absolute atomic E-state index is 11.8. The molecule has 1 unspecified atom stereocenters. The molecule has 0 bridgehead atoms. The molecular weight excluding hydrogens is 220 g/mol. The van der Waals surface area contributed by atoms with E-state index in [0.717, 1.165) is 31.8 Å². The van der Waals surface area contributed by atoms with Crippen LogP contribution in [-0.4, -0.2) is 29.6 Å². The van der Waals surface area contributed by atoms with Crippen LogP contribution < -0.4 is 0 Å². The summed E-state index contributed by atoms with van der Waals surface area (Å²) in [6.07, 6.45) is 5.30. The van der Waals surface area contributed by atoms with Gasteiger partial charge in [0.25, 0.3) is 0 Å². The van der Waals surface area contributed by atoms with Crippen molar-refractivity contribution in [2.75, 3.05) is 6.61 Å². The highest BCUT2D eigenvalue weighted by Crippen LogP contribution is 2.25. The average Bonchev–Trinajstić information content (AvgIpc) is 2.38. The Kier molecular flexibility index (Phi) is 5.91.